The van der Waals surface area contributed by atoms with Crippen molar-refractivity contribution in [3.05, 3.63) is 52.8 Å². The van der Waals surface area contributed by atoms with Crippen LogP contribution in [0.15, 0.2) is 36.5 Å². The lowest BCUT2D eigenvalue weighted by Crippen LogP contribution is -2.26. The van der Waals surface area contributed by atoms with Crippen molar-refractivity contribution in [1.82, 2.24) is 10.3 Å². The van der Waals surface area contributed by atoms with Gasteiger partial charge in [0.15, 0.2) is 11.5 Å². The summed E-state index contributed by atoms with van der Waals surface area (Å²) in [5.41, 5.74) is 1.35. The smallest absolute Gasteiger partial charge is 0.251 e. The van der Waals surface area contributed by atoms with Crippen LogP contribution in [0.25, 0.3) is 0 Å². The molecule has 5 nitrogen and oxygen atoms in total. The highest BCUT2D eigenvalue weighted by Crippen LogP contribution is 2.37. The highest BCUT2D eigenvalue weighted by Gasteiger charge is 2.16. The van der Waals surface area contributed by atoms with Crippen LogP contribution in [-0.4, -0.2) is 30.6 Å². The number of nitrogens with one attached hydrogen (secondary N) is 1. The molecule has 0 saturated carbocycles. The van der Waals surface area contributed by atoms with Gasteiger partial charge in [0.05, 0.1) is 18.2 Å². The van der Waals surface area contributed by atoms with E-state index >= 15 is 0 Å². The molecule has 0 fully saturated rings. The monoisotopic (exact) mass is 348 g/mol. The van der Waals surface area contributed by atoms with E-state index in [1.807, 2.05) is 32.0 Å². The van der Waals surface area contributed by atoms with Crippen molar-refractivity contribution in [3.8, 4) is 11.5 Å². The summed E-state index contributed by atoms with van der Waals surface area (Å²) in [7, 11) is 1.52. The van der Waals surface area contributed by atoms with E-state index in [0.29, 0.717) is 35.1 Å². The van der Waals surface area contributed by atoms with Gasteiger partial charge in [0.2, 0.25) is 0 Å². The summed E-state index contributed by atoms with van der Waals surface area (Å²) < 4.78 is 10.9. The molecular weight excluding hydrogens is 328 g/mol. The van der Waals surface area contributed by atoms with Gasteiger partial charge in [0, 0.05) is 30.4 Å². The van der Waals surface area contributed by atoms with Crippen LogP contribution in [-0.2, 0) is 6.42 Å². The Kier molecular flexibility index (Phi) is 6.44. The van der Waals surface area contributed by atoms with Gasteiger partial charge in [-0.1, -0.05) is 17.7 Å². The highest BCUT2D eigenvalue weighted by molar-refractivity contribution is 6.32. The van der Waals surface area contributed by atoms with E-state index in [2.05, 4.69) is 10.3 Å². The molecule has 128 valence electrons. The Morgan fingerprint density at radius 1 is 1.33 bits per heavy atom. The number of methoxy groups -OCH3 is 1. The average molecular weight is 349 g/mol. The normalized spacial score (nSPS) is 10.5. The summed E-state index contributed by atoms with van der Waals surface area (Å²) in [5.74, 6) is 0.660. The summed E-state index contributed by atoms with van der Waals surface area (Å²) in [6.07, 6.45) is 2.34. The maximum absolute atomic E-state index is 12.3. The van der Waals surface area contributed by atoms with Crippen molar-refractivity contribution in [2.45, 2.75) is 26.4 Å². The van der Waals surface area contributed by atoms with Gasteiger partial charge in [0.25, 0.3) is 5.91 Å². The molecule has 6 heteroatoms. The molecule has 0 bridgehead atoms. The van der Waals surface area contributed by atoms with Crippen LogP contribution < -0.4 is 14.8 Å². The van der Waals surface area contributed by atoms with Crippen LogP contribution in [0, 0.1) is 0 Å². The van der Waals surface area contributed by atoms with E-state index in [1.54, 1.807) is 18.3 Å². The number of hydrogen-bond acceptors (Lipinski definition) is 4. The topological polar surface area (TPSA) is 60.5 Å². The number of hydrogen-bond donors (Lipinski definition) is 1. The fourth-order valence-corrected chi connectivity index (χ4v) is 2.41. The Hall–Kier alpha value is -2.27. The summed E-state index contributed by atoms with van der Waals surface area (Å²) in [6, 6.07) is 8.90. The van der Waals surface area contributed by atoms with Crippen LogP contribution in [0.1, 0.15) is 29.9 Å². The zero-order chi connectivity index (χ0) is 17.5. The predicted molar refractivity (Wildman–Crippen MR) is 94.0 cm³/mol. The molecule has 2 rings (SSSR count). The van der Waals surface area contributed by atoms with E-state index in [4.69, 9.17) is 21.1 Å². The molecule has 24 heavy (non-hydrogen) atoms. The first kappa shape index (κ1) is 18.1. The van der Waals surface area contributed by atoms with E-state index in [-0.39, 0.29) is 12.0 Å². The third-order valence-electron chi connectivity index (χ3n) is 3.24. The van der Waals surface area contributed by atoms with Gasteiger partial charge < -0.3 is 14.8 Å². The first-order valence-corrected chi connectivity index (χ1v) is 8.11. The van der Waals surface area contributed by atoms with Gasteiger partial charge in [-0.25, -0.2) is 0 Å². The summed E-state index contributed by atoms with van der Waals surface area (Å²) in [6.45, 7) is 4.28. The second kappa shape index (κ2) is 8.55. The SMILES string of the molecule is COc1cc(C(=O)NCCc2ccccn2)cc(Cl)c1OC(C)C. The molecule has 0 spiro atoms. The molecule has 1 amide bonds. The molecular formula is C18H21ClN2O3. The Balaban J connectivity index is 2.05. The molecule has 0 aliphatic carbocycles. The second-order valence-corrected chi connectivity index (χ2v) is 5.89. The molecule has 1 aromatic carbocycles. The Morgan fingerprint density at radius 3 is 2.75 bits per heavy atom. The van der Waals surface area contributed by atoms with Gasteiger partial charge in [-0.3, -0.25) is 9.78 Å². The zero-order valence-electron chi connectivity index (χ0n) is 14.0. The van der Waals surface area contributed by atoms with Crippen LogP contribution >= 0.6 is 11.6 Å². The van der Waals surface area contributed by atoms with Crippen molar-refractivity contribution in [1.29, 1.82) is 0 Å². The molecule has 1 heterocycles. The lowest BCUT2D eigenvalue weighted by molar-refractivity contribution is 0.0953. The van der Waals surface area contributed by atoms with E-state index in [0.717, 1.165) is 5.69 Å². The Labute approximate surface area is 147 Å². The minimum atomic E-state index is -0.220. The minimum Gasteiger partial charge on any atom is -0.493 e. The molecule has 2 aromatic rings. The number of benzene rings is 1. The number of carbonyl (C=O) groups is 1. The van der Waals surface area contributed by atoms with Crippen molar-refractivity contribution in [3.63, 3.8) is 0 Å². The van der Waals surface area contributed by atoms with E-state index in [9.17, 15) is 4.79 Å². The van der Waals surface area contributed by atoms with Crippen LogP contribution in [0.4, 0.5) is 0 Å². The summed E-state index contributed by atoms with van der Waals surface area (Å²) in [4.78, 5) is 16.5. The quantitative estimate of drug-likeness (QED) is 0.831. The van der Waals surface area contributed by atoms with Gasteiger partial charge in [0.1, 0.15) is 0 Å². The van der Waals surface area contributed by atoms with E-state index < -0.39 is 0 Å². The zero-order valence-corrected chi connectivity index (χ0v) is 14.8. The van der Waals surface area contributed by atoms with Crippen molar-refractivity contribution < 1.29 is 14.3 Å². The van der Waals surface area contributed by atoms with Crippen molar-refractivity contribution >= 4 is 17.5 Å². The van der Waals surface area contributed by atoms with Gasteiger partial charge in [-0.05, 0) is 38.1 Å². The van der Waals surface area contributed by atoms with Gasteiger partial charge in [-0.2, -0.15) is 0 Å². The maximum Gasteiger partial charge on any atom is 0.251 e. The molecule has 0 aliphatic heterocycles. The first-order valence-electron chi connectivity index (χ1n) is 7.73. The number of rotatable bonds is 7. The van der Waals surface area contributed by atoms with Crippen molar-refractivity contribution in [2.75, 3.05) is 13.7 Å². The van der Waals surface area contributed by atoms with Crippen LogP contribution in [0.2, 0.25) is 5.02 Å². The number of halogens is 1. The van der Waals surface area contributed by atoms with Gasteiger partial charge in [-0.15, -0.1) is 0 Å². The summed E-state index contributed by atoms with van der Waals surface area (Å²) in [5, 5.41) is 3.20. The highest BCUT2D eigenvalue weighted by atomic mass is 35.5. The fraction of sp³-hybridized carbons (Fsp3) is 0.333. The Morgan fingerprint density at radius 2 is 2.12 bits per heavy atom. The molecule has 0 saturated heterocycles. The number of nitrogens with zero attached hydrogens (tertiary/aromatic N) is 1. The lowest BCUT2D eigenvalue weighted by Gasteiger charge is -2.16. The van der Waals surface area contributed by atoms with E-state index in [1.165, 1.54) is 7.11 Å². The third kappa shape index (κ3) is 4.86. The summed E-state index contributed by atoms with van der Waals surface area (Å²) >= 11 is 6.24. The molecule has 1 N–H and O–H groups in total. The standard InChI is InChI=1S/C18H21ClN2O3/c1-12(2)24-17-15(19)10-13(11-16(17)23-3)18(22)21-9-7-14-6-4-5-8-20-14/h4-6,8,10-12H,7,9H2,1-3H3,(H,21,22). The number of amides is 1. The molecule has 0 unspecified atom stereocenters. The number of aromatic nitrogens is 1. The molecule has 0 radical (unpaired) electrons. The number of pyridine rings is 1. The predicted octanol–water partition coefficient (Wildman–Crippen LogP) is 3.50. The second-order valence-electron chi connectivity index (χ2n) is 5.48. The first-order chi connectivity index (χ1) is 11.5. The van der Waals surface area contributed by atoms with Crippen molar-refractivity contribution in [2.24, 2.45) is 0 Å². The fourth-order valence-electron chi connectivity index (χ4n) is 2.15. The minimum absolute atomic E-state index is 0.0468. The third-order valence-corrected chi connectivity index (χ3v) is 3.52. The number of ether oxygens (including phenoxy) is 2. The van der Waals surface area contributed by atoms with Gasteiger partial charge >= 0.3 is 0 Å². The van der Waals surface area contributed by atoms with Crippen LogP contribution in [0.3, 0.4) is 0 Å². The largest absolute Gasteiger partial charge is 0.493 e. The lowest BCUT2D eigenvalue weighted by atomic mass is 10.1. The molecule has 0 aliphatic rings. The maximum atomic E-state index is 12.3. The average Bonchev–Trinajstić information content (AvgIpc) is 2.57. The molecule has 0 atom stereocenters. The Bertz CT molecular complexity index is 690. The van der Waals surface area contributed by atoms with Crippen LogP contribution in [0.5, 0.6) is 11.5 Å². The molecule has 1 aromatic heterocycles. The number of carbonyl (C=O) groups excluding carboxylic acids is 1.